The fourth-order valence-electron chi connectivity index (χ4n) is 2.92. The monoisotopic (exact) mass is 356 g/mol. The van der Waals surface area contributed by atoms with Gasteiger partial charge in [0, 0.05) is 31.8 Å². The van der Waals surface area contributed by atoms with E-state index in [0.717, 1.165) is 31.6 Å². The van der Waals surface area contributed by atoms with E-state index >= 15 is 0 Å². The van der Waals surface area contributed by atoms with Gasteiger partial charge in [0.15, 0.2) is 0 Å². The second-order valence-corrected chi connectivity index (χ2v) is 6.18. The first kappa shape index (κ1) is 18.0. The summed E-state index contributed by atoms with van der Waals surface area (Å²) in [5, 5.41) is 3.37. The number of aromatic nitrogens is 2. The molecular formula is C19H21FN4O2. The number of carbonyl (C=O) groups excluding carboxylic acids is 1. The molecule has 1 fully saturated rings. The highest BCUT2D eigenvalue weighted by Gasteiger charge is 2.22. The van der Waals surface area contributed by atoms with Crippen LogP contribution in [0.3, 0.4) is 0 Å². The number of benzene rings is 1. The maximum atomic E-state index is 13.3. The molecule has 0 saturated carbocycles. The van der Waals surface area contributed by atoms with Crippen molar-refractivity contribution in [3.8, 4) is 0 Å². The predicted octanol–water partition coefficient (Wildman–Crippen LogP) is 2.49. The normalized spacial score (nSPS) is 17.5. The van der Waals surface area contributed by atoms with Crippen molar-refractivity contribution in [1.29, 1.82) is 0 Å². The van der Waals surface area contributed by atoms with Crippen molar-refractivity contribution in [2.24, 2.45) is 0 Å². The average molecular weight is 356 g/mol. The highest BCUT2D eigenvalue weighted by atomic mass is 19.1. The topological polar surface area (TPSA) is 67.3 Å². The summed E-state index contributed by atoms with van der Waals surface area (Å²) in [6, 6.07) is 6.99. The van der Waals surface area contributed by atoms with Crippen molar-refractivity contribution in [3.63, 3.8) is 0 Å². The molecule has 1 aromatic heterocycles. The van der Waals surface area contributed by atoms with Crippen molar-refractivity contribution in [1.82, 2.24) is 14.9 Å². The lowest BCUT2D eigenvalue weighted by Crippen LogP contribution is -2.26. The number of likely N-dealkylation sites (tertiary alicyclic amines) is 1. The largest absolute Gasteiger partial charge is 0.466 e. The molecule has 0 aliphatic carbocycles. The molecule has 0 radical (unpaired) electrons. The molecule has 0 unspecified atom stereocenters. The Hall–Kier alpha value is -2.80. The molecule has 0 bridgehead atoms. The van der Waals surface area contributed by atoms with E-state index < -0.39 is 5.97 Å². The Kier molecular flexibility index (Phi) is 5.91. The van der Waals surface area contributed by atoms with Gasteiger partial charge in [-0.3, -0.25) is 9.88 Å². The van der Waals surface area contributed by atoms with Crippen LogP contribution in [0.4, 0.5) is 10.2 Å². The highest BCUT2D eigenvalue weighted by Crippen LogP contribution is 2.17. The molecule has 0 amide bonds. The Balaban J connectivity index is 1.50. The van der Waals surface area contributed by atoms with Gasteiger partial charge >= 0.3 is 5.97 Å². The first-order valence-electron chi connectivity index (χ1n) is 8.44. The standard InChI is InChI=1S/C19H21FN4O2/c1-26-19(25)6-5-16-10-22-18(11-21-16)23-17-7-8-24(13-17)12-14-3-2-4-15(20)9-14/h2-6,9-11,17H,7-8,12-13H2,1H3,(H,22,23)/b6-5+/t17-/m1/s1. The number of nitrogens with one attached hydrogen (secondary N) is 1. The number of esters is 1. The van der Waals surface area contributed by atoms with Crippen LogP contribution in [-0.4, -0.2) is 47.1 Å². The molecule has 6 nitrogen and oxygen atoms in total. The number of nitrogens with zero attached hydrogens (tertiary/aromatic N) is 3. The lowest BCUT2D eigenvalue weighted by atomic mass is 10.2. The summed E-state index contributed by atoms with van der Waals surface area (Å²) in [5.41, 5.74) is 1.56. The van der Waals surface area contributed by atoms with Gasteiger partial charge in [-0.2, -0.15) is 0 Å². The van der Waals surface area contributed by atoms with Crippen LogP contribution < -0.4 is 5.32 Å². The van der Waals surface area contributed by atoms with E-state index in [-0.39, 0.29) is 11.9 Å². The Labute approximate surface area is 151 Å². The Morgan fingerprint density at radius 2 is 2.31 bits per heavy atom. The predicted molar refractivity (Wildman–Crippen MR) is 96.8 cm³/mol. The fourth-order valence-corrected chi connectivity index (χ4v) is 2.92. The zero-order chi connectivity index (χ0) is 18.4. The molecule has 1 N–H and O–H groups in total. The van der Waals surface area contributed by atoms with Gasteiger partial charge in [0.1, 0.15) is 11.6 Å². The molecule has 1 atom stereocenters. The van der Waals surface area contributed by atoms with Crippen molar-refractivity contribution in [3.05, 3.63) is 59.8 Å². The smallest absolute Gasteiger partial charge is 0.330 e. The van der Waals surface area contributed by atoms with Gasteiger partial charge in [-0.05, 0) is 30.2 Å². The summed E-state index contributed by atoms with van der Waals surface area (Å²) in [5.74, 6) is 0.0594. The highest BCUT2D eigenvalue weighted by molar-refractivity contribution is 5.86. The van der Waals surface area contributed by atoms with Crippen molar-refractivity contribution in [2.75, 3.05) is 25.5 Å². The molecule has 2 heterocycles. The third-order valence-corrected chi connectivity index (χ3v) is 4.18. The van der Waals surface area contributed by atoms with Crippen LogP contribution >= 0.6 is 0 Å². The third kappa shape index (κ3) is 5.10. The molecule has 3 rings (SSSR count). The number of anilines is 1. The Bertz CT molecular complexity index is 779. The molecular weight excluding hydrogens is 335 g/mol. The number of ether oxygens (including phenoxy) is 1. The van der Waals surface area contributed by atoms with Crippen LogP contribution in [0.25, 0.3) is 6.08 Å². The summed E-state index contributed by atoms with van der Waals surface area (Å²) in [6.07, 6.45) is 7.09. The SMILES string of the molecule is COC(=O)/C=C/c1cnc(N[C@@H]2CCN(Cc3cccc(F)c3)C2)cn1. The minimum absolute atomic E-state index is 0.201. The molecule has 0 spiro atoms. The number of carbonyl (C=O) groups is 1. The van der Waals surface area contributed by atoms with Crippen molar-refractivity contribution >= 4 is 17.9 Å². The molecule has 1 aliphatic rings. The maximum Gasteiger partial charge on any atom is 0.330 e. The van der Waals surface area contributed by atoms with E-state index in [1.807, 2.05) is 6.07 Å². The van der Waals surface area contributed by atoms with Crippen LogP contribution in [0.1, 0.15) is 17.7 Å². The van der Waals surface area contributed by atoms with Gasteiger partial charge in [-0.25, -0.2) is 14.2 Å². The van der Waals surface area contributed by atoms with Gasteiger partial charge in [0.25, 0.3) is 0 Å². The van der Waals surface area contributed by atoms with Crippen molar-refractivity contribution < 1.29 is 13.9 Å². The lowest BCUT2D eigenvalue weighted by molar-refractivity contribution is -0.134. The van der Waals surface area contributed by atoms with Crippen LogP contribution in [0.2, 0.25) is 0 Å². The molecule has 26 heavy (non-hydrogen) atoms. The van der Waals surface area contributed by atoms with E-state index in [0.29, 0.717) is 11.5 Å². The first-order chi connectivity index (χ1) is 12.6. The lowest BCUT2D eigenvalue weighted by Gasteiger charge is -2.17. The number of halogens is 1. The maximum absolute atomic E-state index is 13.3. The van der Waals surface area contributed by atoms with Gasteiger partial charge in [-0.15, -0.1) is 0 Å². The third-order valence-electron chi connectivity index (χ3n) is 4.18. The average Bonchev–Trinajstić information content (AvgIpc) is 3.07. The molecule has 1 saturated heterocycles. The second kappa shape index (κ2) is 8.53. The molecule has 1 aliphatic heterocycles. The Morgan fingerprint density at radius 1 is 1.42 bits per heavy atom. The minimum Gasteiger partial charge on any atom is -0.466 e. The minimum atomic E-state index is -0.432. The summed E-state index contributed by atoms with van der Waals surface area (Å²) in [4.78, 5) is 21.9. The fraction of sp³-hybridized carbons (Fsp3) is 0.316. The zero-order valence-corrected chi connectivity index (χ0v) is 14.6. The zero-order valence-electron chi connectivity index (χ0n) is 14.6. The van der Waals surface area contributed by atoms with Gasteiger partial charge < -0.3 is 10.1 Å². The molecule has 136 valence electrons. The number of hydrogen-bond donors (Lipinski definition) is 1. The van der Waals surface area contributed by atoms with Crippen LogP contribution in [0, 0.1) is 5.82 Å². The second-order valence-electron chi connectivity index (χ2n) is 6.18. The summed E-state index contributed by atoms with van der Waals surface area (Å²) < 4.78 is 17.8. The van der Waals surface area contributed by atoms with Crippen LogP contribution in [0.5, 0.6) is 0 Å². The van der Waals surface area contributed by atoms with E-state index in [1.54, 1.807) is 30.6 Å². The Morgan fingerprint density at radius 3 is 3.04 bits per heavy atom. The van der Waals surface area contributed by atoms with E-state index in [9.17, 15) is 9.18 Å². The van der Waals surface area contributed by atoms with Crippen LogP contribution in [-0.2, 0) is 16.1 Å². The summed E-state index contributed by atoms with van der Waals surface area (Å²) in [7, 11) is 1.32. The van der Waals surface area contributed by atoms with E-state index in [2.05, 4.69) is 24.9 Å². The number of methoxy groups -OCH3 is 1. The van der Waals surface area contributed by atoms with Gasteiger partial charge in [-0.1, -0.05) is 12.1 Å². The van der Waals surface area contributed by atoms with Crippen molar-refractivity contribution in [2.45, 2.75) is 19.0 Å². The van der Waals surface area contributed by atoms with Gasteiger partial charge in [0.2, 0.25) is 0 Å². The first-order valence-corrected chi connectivity index (χ1v) is 8.44. The molecule has 7 heteroatoms. The van der Waals surface area contributed by atoms with Gasteiger partial charge in [0.05, 0.1) is 25.2 Å². The van der Waals surface area contributed by atoms with E-state index in [4.69, 9.17) is 0 Å². The molecule has 1 aromatic carbocycles. The van der Waals surface area contributed by atoms with Crippen LogP contribution in [0.15, 0.2) is 42.7 Å². The van der Waals surface area contributed by atoms with E-state index in [1.165, 1.54) is 19.3 Å². The number of rotatable bonds is 6. The quantitative estimate of drug-likeness (QED) is 0.634. The summed E-state index contributed by atoms with van der Waals surface area (Å²) in [6.45, 7) is 2.54. The molecule has 2 aromatic rings. The summed E-state index contributed by atoms with van der Waals surface area (Å²) >= 11 is 0. The number of hydrogen-bond acceptors (Lipinski definition) is 6.